The highest BCUT2D eigenvalue weighted by molar-refractivity contribution is 9.10. The van der Waals surface area contributed by atoms with E-state index < -0.39 is 41.4 Å². The summed E-state index contributed by atoms with van der Waals surface area (Å²) in [4.78, 5) is 99.3. The van der Waals surface area contributed by atoms with Crippen LogP contribution in [0.4, 0.5) is 14.9 Å². The van der Waals surface area contributed by atoms with Gasteiger partial charge in [0.15, 0.2) is 5.69 Å². The Morgan fingerprint density at radius 1 is 0.857 bits per heavy atom. The van der Waals surface area contributed by atoms with Crippen LogP contribution in [0.2, 0.25) is 0 Å². The lowest BCUT2D eigenvalue weighted by Crippen LogP contribution is -2.53. The number of carbonyl (C=O) groups is 6. The van der Waals surface area contributed by atoms with Crippen LogP contribution in [-0.2, 0) is 36.9 Å². The molecule has 1 fully saturated rings. The van der Waals surface area contributed by atoms with Gasteiger partial charge in [0.2, 0.25) is 17.7 Å². The Labute approximate surface area is 369 Å². The van der Waals surface area contributed by atoms with Crippen molar-refractivity contribution in [2.24, 2.45) is 0 Å². The van der Waals surface area contributed by atoms with E-state index in [-0.39, 0.29) is 94.6 Å². The van der Waals surface area contributed by atoms with Gasteiger partial charge in [-0.1, -0.05) is 54.6 Å². The largest absolute Gasteiger partial charge is 0.445 e. The monoisotopic (exact) mass is 926 g/mol. The molecule has 0 saturated carbocycles. The third kappa shape index (κ3) is 11.7. The van der Waals surface area contributed by atoms with Gasteiger partial charge in [-0.05, 0) is 51.3 Å². The number of amides is 6. The molecular formula is C44H44BrFN8O9. The molecule has 0 atom stereocenters. The first-order valence-electron chi connectivity index (χ1n) is 19.9. The molecule has 3 aromatic carbocycles. The highest BCUT2D eigenvalue weighted by Gasteiger charge is 2.29. The van der Waals surface area contributed by atoms with E-state index in [0.29, 0.717) is 26.5 Å². The number of hydrogen-bond acceptors (Lipinski definition) is 11. The van der Waals surface area contributed by atoms with E-state index in [0.717, 1.165) is 10.5 Å². The van der Waals surface area contributed by atoms with E-state index in [4.69, 9.17) is 9.47 Å². The molecule has 0 bridgehead atoms. The summed E-state index contributed by atoms with van der Waals surface area (Å²) in [5, 5.41) is 10.4. The van der Waals surface area contributed by atoms with Gasteiger partial charge in [0, 0.05) is 75.6 Å². The first kappa shape index (κ1) is 45.7. The van der Waals surface area contributed by atoms with Crippen molar-refractivity contribution in [2.75, 3.05) is 63.9 Å². The lowest BCUT2D eigenvalue weighted by molar-refractivity contribution is -0.133. The molecule has 5 aromatic rings. The number of hydrogen-bond donors (Lipinski definition) is 2. The maximum atomic E-state index is 15.1. The molecule has 19 heteroatoms. The van der Waals surface area contributed by atoms with E-state index >= 15 is 4.39 Å². The topological polar surface area (TPSA) is 205 Å². The molecule has 2 N–H and O–H groups in total. The lowest BCUT2D eigenvalue weighted by atomic mass is 10.0. The van der Waals surface area contributed by atoms with Gasteiger partial charge in [0.1, 0.15) is 19.0 Å². The molecular weight excluding hydrogens is 883 g/mol. The SMILES string of the molecule is CC(=O)N(C(C)=O)c1cc(Br)cnc1C(=O)NCCOCCN(CC(=O)N1CCN(C(=O)c2cc(Cc3n[nH]c(=O)c4ccccc34)ccc2F)CC1)C(=O)OCc1ccccc1. The Morgan fingerprint density at radius 2 is 1.54 bits per heavy atom. The highest BCUT2D eigenvalue weighted by atomic mass is 79.9. The molecule has 17 nitrogen and oxygen atoms in total. The molecule has 0 aliphatic carbocycles. The molecule has 328 valence electrons. The van der Waals surface area contributed by atoms with Gasteiger partial charge >= 0.3 is 6.09 Å². The van der Waals surface area contributed by atoms with Crippen LogP contribution in [0.25, 0.3) is 10.8 Å². The molecule has 0 radical (unpaired) electrons. The first-order chi connectivity index (χ1) is 30.3. The number of piperazine rings is 1. The van der Waals surface area contributed by atoms with Crippen molar-refractivity contribution < 1.29 is 42.6 Å². The predicted octanol–water partition coefficient (Wildman–Crippen LogP) is 4.08. The van der Waals surface area contributed by atoms with Gasteiger partial charge in [-0.2, -0.15) is 5.10 Å². The average molecular weight is 928 g/mol. The zero-order valence-corrected chi connectivity index (χ0v) is 36.1. The van der Waals surface area contributed by atoms with Crippen molar-refractivity contribution >= 4 is 68.0 Å². The Hall–Kier alpha value is -6.86. The van der Waals surface area contributed by atoms with Crippen molar-refractivity contribution in [3.8, 4) is 0 Å². The number of rotatable bonds is 15. The second-order valence-electron chi connectivity index (χ2n) is 14.4. The number of aromatic amines is 1. The molecule has 1 aliphatic rings. The van der Waals surface area contributed by atoms with Gasteiger partial charge < -0.3 is 24.6 Å². The minimum atomic E-state index is -0.757. The zero-order valence-electron chi connectivity index (χ0n) is 34.5. The van der Waals surface area contributed by atoms with Crippen LogP contribution in [0.5, 0.6) is 0 Å². The lowest BCUT2D eigenvalue weighted by Gasteiger charge is -2.36. The van der Waals surface area contributed by atoms with Crippen molar-refractivity contribution in [1.82, 2.24) is 35.2 Å². The van der Waals surface area contributed by atoms with Gasteiger partial charge in [0.05, 0.1) is 35.5 Å². The van der Waals surface area contributed by atoms with Crippen LogP contribution in [0.3, 0.4) is 0 Å². The molecule has 3 heterocycles. The summed E-state index contributed by atoms with van der Waals surface area (Å²) in [5.41, 5.74) is 1.33. The zero-order chi connectivity index (χ0) is 45.0. The Kier molecular flexibility index (Phi) is 15.4. The minimum Gasteiger partial charge on any atom is -0.445 e. The molecule has 6 amide bonds. The number of fused-ring (bicyclic) bond motifs is 1. The van der Waals surface area contributed by atoms with E-state index in [2.05, 4.69) is 36.4 Å². The van der Waals surface area contributed by atoms with Crippen LogP contribution >= 0.6 is 15.9 Å². The van der Waals surface area contributed by atoms with Crippen molar-refractivity contribution in [3.05, 3.63) is 134 Å². The quantitative estimate of drug-likeness (QED) is 0.143. The molecule has 1 saturated heterocycles. The third-order valence-electron chi connectivity index (χ3n) is 10.1. The van der Waals surface area contributed by atoms with E-state index in [1.54, 1.807) is 54.6 Å². The van der Waals surface area contributed by atoms with Crippen molar-refractivity contribution in [1.29, 1.82) is 0 Å². The second-order valence-corrected chi connectivity index (χ2v) is 15.3. The standard InChI is InChI=1S/C44H44BrFN8O9/c1-28(55)54(29(2)56)38-24-32(45)25-48-40(38)42(59)47-14-20-62-21-19-53(44(61)63-27-30-8-4-3-5-9-30)26-39(57)51-15-17-52(18-16-51)43(60)35-22-31(12-13-36(35)46)23-37-33-10-6-7-11-34(33)41(58)50-49-37/h3-13,22,24-25H,14-21,23,26-27H2,1-2H3,(H,47,59)(H,50,58). The summed E-state index contributed by atoms with van der Waals surface area (Å²) in [6.07, 6.45) is 0.843. The molecule has 0 spiro atoms. The third-order valence-corrected chi connectivity index (χ3v) is 10.5. The Morgan fingerprint density at radius 3 is 2.25 bits per heavy atom. The summed E-state index contributed by atoms with van der Waals surface area (Å²) in [6.45, 7) is 2.43. The van der Waals surface area contributed by atoms with Gasteiger partial charge in [-0.3, -0.25) is 33.7 Å². The van der Waals surface area contributed by atoms with Crippen LogP contribution < -0.4 is 15.8 Å². The average Bonchev–Trinajstić information content (AvgIpc) is 3.27. The van der Waals surface area contributed by atoms with Gasteiger partial charge in [0.25, 0.3) is 17.4 Å². The smallest absolute Gasteiger partial charge is 0.410 e. The molecule has 0 unspecified atom stereocenters. The number of H-pyrrole nitrogens is 1. The number of ether oxygens (including phenoxy) is 2. The van der Waals surface area contributed by atoms with Crippen LogP contribution in [0, 0.1) is 5.82 Å². The fourth-order valence-electron chi connectivity index (χ4n) is 6.92. The number of benzene rings is 3. The van der Waals surface area contributed by atoms with E-state index in [1.807, 2.05) is 6.07 Å². The van der Waals surface area contributed by atoms with Gasteiger partial charge in [-0.15, -0.1) is 0 Å². The highest BCUT2D eigenvalue weighted by Crippen LogP contribution is 2.24. The minimum absolute atomic E-state index is 0.00198. The molecule has 1 aliphatic heterocycles. The maximum Gasteiger partial charge on any atom is 0.410 e. The predicted molar refractivity (Wildman–Crippen MR) is 231 cm³/mol. The number of imide groups is 1. The molecule has 2 aromatic heterocycles. The summed E-state index contributed by atoms with van der Waals surface area (Å²) in [7, 11) is 0. The fourth-order valence-corrected chi connectivity index (χ4v) is 7.24. The number of halogens is 2. The van der Waals surface area contributed by atoms with Crippen LogP contribution in [0.15, 0.2) is 94.3 Å². The normalized spacial score (nSPS) is 12.4. The summed E-state index contributed by atoms with van der Waals surface area (Å²) < 4.78 is 26.8. The number of aromatic nitrogens is 3. The number of pyridine rings is 1. The van der Waals surface area contributed by atoms with E-state index in [9.17, 15) is 33.6 Å². The Balaban J connectivity index is 1.03. The van der Waals surface area contributed by atoms with Crippen molar-refractivity contribution in [2.45, 2.75) is 26.9 Å². The van der Waals surface area contributed by atoms with E-state index in [1.165, 1.54) is 52.9 Å². The molecule has 6 rings (SSSR count). The van der Waals surface area contributed by atoms with Crippen LogP contribution in [-0.4, -0.2) is 125 Å². The molecule has 63 heavy (non-hydrogen) atoms. The number of anilines is 1. The second kappa shape index (κ2) is 21.3. The number of carbonyl (C=O) groups excluding carboxylic acids is 6. The maximum absolute atomic E-state index is 15.1. The van der Waals surface area contributed by atoms with Crippen LogP contribution in [0.1, 0.15) is 51.5 Å². The van der Waals surface area contributed by atoms with Gasteiger partial charge in [-0.25, -0.2) is 24.2 Å². The summed E-state index contributed by atoms with van der Waals surface area (Å²) >= 11 is 3.25. The Bertz CT molecular complexity index is 2550. The fraction of sp³-hybridized carbons (Fsp3) is 0.295. The number of nitrogens with one attached hydrogen (secondary N) is 2. The first-order valence-corrected chi connectivity index (χ1v) is 20.7. The summed E-state index contributed by atoms with van der Waals surface area (Å²) in [6, 6.07) is 21.7. The number of nitrogens with zero attached hydrogens (tertiary/aromatic N) is 6. The van der Waals surface area contributed by atoms with Crippen molar-refractivity contribution in [3.63, 3.8) is 0 Å². The summed E-state index contributed by atoms with van der Waals surface area (Å²) in [5.74, 6) is -3.47.